The lowest BCUT2D eigenvalue weighted by molar-refractivity contribution is 0.183. The van der Waals surface area contributed by atoms with Crippen molar-refractivity contribution < 1.29 is 9.90 Å². The van der Waals surface area contributed by atoms with E-state index in [9.17, 15) is 4.79 Å². The summed E-state index contributed by atoms with van der Waals surface area (Å²) in [6, 6.07) is 0.347. The Morgan fingerprint density at radius 3 is 2.45 bits per heavy atom. The van der Waals surface area contributed by atoms with Gasteiger partial charge in [-0.1, -0.05) is 19.3 Å². The number of amides is 1. The maximum absolute atomic E-state index is 10.1. The van der Waals surface area contributed by atoms with E-state index in [2.05, 4.69) is 10.9 Å². The van der Waals surface area contributed by atoms with Crippen molar-refractivity contribution >= 4 is 6.09 Å². The zero-order chi connectivity index (χ0) is 8.10. The third-order valence-corrected chi connectivity index (χ3v) is 1.99. The molecule has 0 heterocycles. The average Bonchev–Trinajstić information content (AvgIpc) is 2.03. The van der Waals surface area contributed by atoms with Crippen LogP contribution in [0.1, 0.15) is 32.1 Å². The van der Waals surface area contributed by atoms with Gasteiger partial charge in [-0.2, -0.15) is 0 Å². The average molecular weight is 158 g/mol. The first-order valence-electron chi connectivity index (χ1n) is 4.03. The summed E-state index contributed by atoms with van der Waals surface area (Å²) in [7, 11) is 0. The second-order valence-corrected chi connectivity index (χ2v) is 2.91. The van der Waals surface area contributed by atoms with E-state index in [4.69, 9.17) is 5.11 Å². The van der Waals surface area contributed by atoms with E-state index in [1.165, 1.54) is 19.3 Å². The highest BCUT2D eigenvalue weighted by Crippen LogP contribution is 2.16. The highest BCUT2D eigenvalue weighted by Gasteiger charge is 2.12. The molecule has 0 unspecified atom stereocenters. The molecule has 0 bridgehead atoms. The summed E-state index contributed by atoms with van der Waals surface area (Å²) < 4.78 is 0. The molecule has 64 valence electrons. The van der Waals surface area contributed by atoms with Gasteiger partial charge in [0.1, 0.15) is 0 Å². The molecule has 1 aliphatic carbocycles. The summed E-state index contributed by atoms with van der Waals surface area (Å²) in [5.41, 5.74) is 4.95. The lowest BCUT2D eigenvalue weighted by Crippen LogP contribution is -2.44. The predicted molar refractivity (Wildman–Crippen MR) is 41.2 cm³/mol. The van der Waals surface area contributed by atoms with Crippen LogP contribution in [0, 0.1) is 0 Å². The molecule has 0 spiro atoms. The minimum absolute atomic E-state index is 0.347. The molecule has 1 aliphatic rings. The van der Waals surface area contributed by atoms with Gasteiger partial charge < -0.3 is 5.11 Å². The summed E-state index contributed by atoms with van der Waals surface area (Å²) in [5, 5.41) is 8.27. The zero-order valence-electron chi connectivity index (χ0n) is 6.47. The van der Waals surface area contributed by atoms with Crippen LogP contribution >= 0.6 is 0 Å². The highest BCUT2D eigenvalue weighted by atomic mass is 16.4. The Bertz CT molecular complexity index is 132. The standard InChI is InChI=1S/C7H14N2O2/c10-7(11)9-8-6-4-2-1-3-5-6/h6,8-9H,1-5H2,(H,10,11). The third kappa shape index (κ3) is 3.23. The van der Waals surface area contributed by atoms with Gasteiger partial charge in [0, 0.05) is 6.04 Å². The molecular formula is C7H14N2O2. The van der Waals surface area contributed by atoms with Gasteiger partial charge in [0.05, 0.1) is 0 Å². The predicted octanol–water partition coefficient (Wildman–Crippen LogP) is 1.09. The normalized spacial score (nSPS) is 19.6. The van der Waals surface area contributed by atoms with Crippen molar-refractivity contribution in [2.45, 2.75) is 38.1 Å². The molecule has 3 N–H and O–H groups in total. The number of hydrazine groups is 1. The lowest BCUT2D eigenvalue weighted by Gasteiger charge is -2.21. The minimum Gasteiger partial charge on any atom is -0.464 e. The van der Waals surface area contributed by atoms with E-state index >= 15 is 0 Å². The molecular weight excluding hydrogens is 144 g/mol. The van der Waals surface area contributed by atoms with Gasteiger partial charge >= 0.3 is 6.09 Å². The maximum atomic E-state index is 10.1. The van der Waals surface area contributed by atoms with Gasteiger partial charge in [-0.3, -0.25) is 5.43 Å². The van der Waals surface area contributed by atoms with Gasteiger partial charge in [-0.25, -0.2) is 10.2 Å². The van der Waals surface area contributed by atoms with Crippen molar-refractivity contribution in [1.29, 1.82) is 0 Å². The Balaban J connectivity index is 2.09. The number of rotatable bonds is 2. The van der Waals surface area contributed by atoms with Crippen molar-refractivity contribution in [2.75, 3.05) is 0 Å². The Morgan fingerprint density at radius 1 is 1.27 bits per heavy atom. The first-order valence-corrected chi connectivity index (χ1v) is 4.03. The zero-order valence-corrected chi connectivity index (χ0v) is 6.47. The van der Waals surface area contributed by atoms with E-state index in [0.29, 0.717) is 6.04 Å². The molecule has 0 aromatic rings. The van der Waals surface area contributed by atoms with E-state index in [1.54, 1.807) is 0 Å². The molecule has 0 saturated heterocycles. The first kappa shape index (κ1) is 8.33. The van der Waals surface area contributed by atoms with Crippen LogP contribution in [0.25, 0.3) is 0 Å². The summed E-state index contributed by atoms with van der Waals surface area (Å²) in [6.45, 7) is 0. The van der Waals surface area contributed by atoms with E-state index in [0.717, 1.165) is 12.8 Å². The second kappa shape index (κ2) is 4.18. The van der Waals surface area contributed by atoms with E-state index < -0.39 is 6.09 Å². The van der Waals surface area contributed by atoms with Crippen molar-refractivity contribution in [2.24, 2.45) is 0 Å². The van der Waals surface area contributed by atoms with Gasteiger partial charge in [0.25, 0.3) is 0 Å². The fraction of sp³-hybridized carbons (Fsp3) is 0.857. The summed E-state index contributed by atoms with van der Waals surface area (Å²) in [6.07, 6.45) is 4.86. The van der Waals surface area contributed by atoms with E-state index in [-0.39, 0.29) is 0 Å². The van der Waals surface area contributed by atoms with Crippen LogP contribution in [0.2, 0.25) is 0 Å². The summed E-state index contributed by atoms with van der Waals surface area (Å²) >= 11 is 0. The van der Waals surface area contributed by atoms with Crippen molar-refractivity contribution in [3.05, 3.63) is 0 Å². The van der Waals surface area contributed by atoms with Crippen LogP contribution in [-0.2, 0) is 0 Å². The Hall–Kier alpha value is -0.770. The van der Waals surface area contributed by atoms with Crippen LogP contribution in [0.3, 0.4) is 0 Å². The number of carbonyl (C=O) groups is 1. The molecule has 0 radical (unpaired) electrons. The molecule has 4 heteroatoms. The second-order valence-electron chi connectivity index (χ2n) is 2.91. The van der Waals surface area contributed by atoms with Crippen molar-refractivity contribution in [3.8, 4) is 0 Å². The van der Waals surface area contributed by atoms with Crippen LogP contribution in [-0.4, -0.2) is 17.2 Å². The van der Waals surface area contributed by atoms with Crippen molar-refractivity contribution in [3.63, 3.8) is 0 Å². The molecule has 0 aliphatic heterocycles. The minimum atomic E-state index is -1.00. The van der Waals surface area contributed by atoms with Gasteiger partial charge in [0.15, 0.2) is 0 Å². The number of carboxylic acid groups (broad SMARTS) is 1. The van der Waals surface area contributed by atoms with Gasteiger partial charge in [-0.05, 0) is 12.8 Å². The lowest BCUT2D eigenvalue weighted by atomic mass is 9.96. The molecule has 1 rings (SSSR count). The Kier molecular flexibility index (Phi) is 3.16. The van der Waals surface area contributed by atoms with Crippen LogP contribution in [0.4, 0.5) is 4.79 Å². The molecule has 1 fully saturated rings. The first-order chi connectivity index (χ1) is 5.29. The van der Waals surface area contributed by atoms with E-state index in [1.807, 2.05) is 0 Å². The number of nitrogens with one attached hydrogen (secondary N) is 2. The SMILES string of the molecule is O=C(O)NNC1CCCCC1. The number of hydrogen-bond acceptors (Lipinski definition) is 2. The fourth-order valence-corrected chi connectivity index (χ4v) is 1.41. The smallest absolute Gasteiger partial charge is 0.419 e. The maximum Gasteiger partial charge on any atom is 0.419 e. The fourth-order valence-electron chi connectivity index (χ4n) is 1.41. The molecule has 4 nitrogen and oxygen atoms in total. The molecule has 1 amide bonds. The molecule has 0 atom stereocenters. The summed E-state index contributed by atoms with van der Waals surface area (Å²) in [4.78, 5) is 10.1. The van der Waals surface area contributed by atoms with Gasteiger partial charge in [-0.15, -0.1) is 0 Å². The quantitative estimate of drug-likeness (QED) is 0.527. The molecule has 1 saturated carbocycles. The van der Waals surface area contributed by atoms with Crippen molar-refractivity contribution in [1.82, 2.24) is 10.9 Å². The van der Waals surface area contributed by atoms with Gasteiger partial charge in [0.2, 0.25) is 0 Å². The van der Waals surface area contributed by atoms with Crippen LogP contribution in [0.15, 0.2) is 0 Å². The summed E-state index contributed by atoms with van der Waals surface area (Å²) in [5.74, 6) is 0. The Morgan fingerprint density at radius 2 is 1.91 bits per heavy atom. The Labute approximate surface area is 65.9 Å². The molecule has 0 aromatic heterocycles. The van der Waals surface area contributed by atoms with Crippen LogP contribution in [0.5, 0.6) is 0 Å². The third-order valence-electron chi connectivity index (χ3n) is 1.99. The number of hydrogen-bond donors (Lipinski definition) is 3. The monoisotopic (exact) mass is 158 g/mol. The topological polar surface area (TPSA) is 61.4 Å². The largest absolute Gasteiger partial charge is 0.464 e. The van der Waals surface area contributed by atoms with Crippen LogP contribution < -0.4 is 10.9 Å². The molecule has 11 heavy (non-hydrogen) atoms. The molecule has 0 aromatic carbocycles. The highest BCUT2D eigenvalue weighted by molar-refractivity contribution is 5.63.